The Morgan fingerprint density at radius 2 is 1.68 bits per heavy atom. The lowest BCUT2D eigenvalue weighted by atomic mass is 9.83. The van der Waals surface area contributed by atoms with Gasteiger partial charge in [-0.1, -0.05) is 19.3 Å². The van der Waals surface area contributed by atoms with E-state index in [4.69, 9.17) is 0 Å². The van der Waals surface area contributed by atoms with Gasteiger partial charge in [-0.15, -0.1) is 0 Å². The number of hydrogen-bond acceptors (Lipinski definition) is 6. The lowest BCUT2D eigenvalue weighted by molar-refractivity contribution is 0.347. The van der Waals surface area contributed by atoms with Crippen LogP contribution in [0.1, 0.15) is 64.1 Å². The van der Waals surface area contributed by atoms with E-state index in [1.54, 1.807) is 0 Å². The summed E-state index contributed by atoms with van der Waals surface area (Å²) in [5.74, 6) is 1.40. The highest BCUT2D eigenvalue weighted by atomic mass is 15.3. The van der Waals surface area contributed by atoms with E-state index < -0.39 is 0 Å². The van der Waals surface area contributed by atoms with Crippen molar-refractivity contribution in [2.75, 3.05) is 23.3 Å². The first-order valence-electron chi connectivity index (χ1n) is 8.38. The van der Waals surface area contributed by atoms with Crippen LogP contribution in [0, 0.1) is 11.3 Å². The minimum atomic E-state index is 0.0332. The summed E-state index contributed by atoms with van der Waals surface area (Å²) in [7, 11) is 0. The molecular weight excluding hydrogens is 276 g/mol. The molecule has 0 amide bonds. The summed E-state index contributed by atoms with van der Waals surface area (Å²) in [6.07, 6.45) is 9.60. The lowest BCUT2D eigenvalue weighted by Crippen LogP contribution is -2.38. The molecular formula is C16H24N6. The molecule has 0 spiro atoms. The molecule has 2 fully saturated rings. The van der Waals surface area contributed by atoms with Crippen molar-refractivity contribution < 1.29 is 0 Å². The molecule has 1 aliphatic heterocycles. The molecule has 6 heteroatoms. The number of hydrogen-bond donors (Lipinski definition) is 1. The first-order valence-corrected chi connectivity index (χ1v) is 8.38. The zero-order valence-electron chi connectivity index (χ0n) is 13.3. The van der Waals surface area contributed by atoms with Crippen LogP contribution >= 0.6 is 0 Å². The summed E-state index contributed by atoms with van der Waals surface area (Å²) in [5.41, 5.74) is 0.0332. The second-order valence-corrected chi connectivity index (χ2v) is 6.69. The molecule has 0 atom stereocenters. The van der Waals surface area contributed by atoms with E-state index >= 15 is 0 Å². The number of nitriles is 1. The van der Waals surface area contributed by atoms with Gasteiger partial charge in [-0.2, -0.15) is 20.2 Å². The quantitative estimate of drug-likeness (QED) is 0.925. The van der Waals surface area contributed by atoms with Crippen LogP contribution in [-0.4, -0.2) is 33.6 Å². The lowest BCUT2D eigenvalue weighted by Gasteiger charge is -2.34. The van der Waals surface area contributed by atoms with Gasteiger partial charge in [-0.25, -0.2) is 0 Å². The van der Waals surface area contributed by atoms with E-state index in [9.17, 15) is 5.26 Å². The molecule has 3 rings (SSSR count). The fourth-order valence-corrected chi connectivity index (χ4v) is 3.43. The van der Waals surface area contributed by atoms with E-state index in [1.807, 2.05) is 0 Å². The first-order chi connectivity index (χ1) is 10.7. The smallest absolute Gasteiger partial charge is 0.238 e. The van der Waals surface area contributed by atoms with Gasteiger partial charge in [0.15, 0.2) is 0 Å². The number of nitrogens with zero attached hydrogens (tertiary/aromatic N) is 5. The average Bonchev–Trinajstić information content (AvgIpc) is 2.55. The fraction of sp³-hybridized carbons (Fsp3) is 0.750. The van der Waals surface area contributed by atoms with Crippen LogP contribution in [0.15, 0.2) is 0 Å². The van der Waals surface area contributed by atoms with Gasteiger partial charge in [0.2, 0.25) is 17.7 Å². The van der Waals surface area contributed by atoms with Crippen molar-refractivity contribution in [1.29, 1.82) is 5.26 Å². The standard InChI is InChI=1S/C16H24N6/c1-16(8-4-2-5-9-16)21-14-18-13(12-17)19-15(20-14)22-10-6-3-7-11-22/h2-11H2,1H3,(H,18,19,20,21). The Bertz CT molecular complexity index is 552. The topological polar surface area (TPSA) is 77.7 Å². The van der Waals surface area contributed by atoms with Crippen molar-refractivity contribution in [2.45, 2.75) is 63.8 Å². The van der Waals surface area contributed by atoms with Crippen LogP contribution in [0.2, 0.25) is 0 Å². The summed E-state index contributed by atoms with van der Waals surface area (Å²) in [6.45, 7) is 4.15. The van der Waals surface area contributed by atoms with Gasteiger partial charge < -0.3 is 10.2 Å². The SMILES string of the molecule is CC1(Nc2nc(C#N)nc(N3CCCCC3)n2)CCCCC1. The first kappa shape index (κ1) is 15.0. The molecule has 22 heavy (non-hydrogen) atoms. The van der Waals surface area contributed by atoms with Crippen LogP contribution in [0.25, 0.3) is 0 Å². The zero-order valence-corrected chi connectivity index (χ0v) is 13.3. The number of rotatable bonds is 3. The number of aromatic nitrogens is 3. The Morgan fingerprint density at radius 1 is 1.00 bits per heavy atom. The predicted molar refractivity (Wildman–Crippen MR) is 85.7 cm³/mol. The Balaban J connectivity index is 1.82. The zero-order chi connectivity index (χ0) is 15.4. The summed E-state index contributed by atoms with van der Waals surface area (Å²) in [5, 5.41) is 12.7. The van der Waals surface area contributed by atoms with Crippen LogP contribution in [0.3, 0.4) is 0 Å². The number of nitrogens with one attached hydrogen (secondary N) is 1. The van der Waals surface area contributed by atoms with Crippen LogP contribution in [0.5, 0.6) is 0 Å². The van der Waals surface area contributed by atoms with Gasteiger partial charge in [0, 0.05) is 18.6 Å². The Labute approximate surface area is 132 Å². The maximum atomic E-state index is 9.21. The Kier molecular flexibility index (Phi) is 4.41. The average molecular weight is 300 g/mol. The maximum Gasteiger partial charge on any atom is 0.238 e. The Hall–Kier alpha value is -1.90. The van der Waals surface area contributed by atoms with Crippen molar-refractivity contribution in [3.05, 3.63) is 5.82 Å². The van der Waals surface area contributed by atoms with E-state index in [0.717, 1.165) is 38.8 Å². The van der Waals surface area contributed by atoms with Crippen LogP contribution in [0.4, 0.5) is 11.9 Å². The molecule has 1 aromatic heterocycles. The van der Waals surface area contributed by atoms with Gasteiger partial charge in [0.1, 0.15) is 6.07 Å². The fourth-order valence-electron chi connectivity index (χ4n) is 3.43. The third-order valence-corrected chi connectivity index (χ3v) is 4.73. The molecule has 0 bridgehead atoms. The van der Waals surface area contributed by atoms with Crippen molar-refractivity contribution in [2.24, 2.45) is 0 Å². The molecule has 2 aliphatic rings. The Morgan fingerprint density at radius 3 is 2.36 bits per heavy atom. The third kappa shape index (κ3) is 3.46. The normalized spacial score (nSPS) is 21.2. The monoisotopic (exact) mass is 300 g/mol. The van der Waals surface area contributed by atoms with E-state index in [2.05, 4.69) is 38.2 Å². The van der Waals surface area contributed by atoms with E-state index in [-0.39, 0.29) is 11.4 Å². The second kappa shape index (κ2) is 6.47. The van der Waals surface area contributed by atoms with Gasteiger partial charge in [0.25, 0.3) is 0 Å². The highest BCUT2D eigenvalue weighted by Gasteiger charge is 2.28. The van der Waals surface area contributed by atoms with Gasteiger partial charge >= 0.3 is 0 Å². The van der Waals surface area contributed by atoms with Crippen LogP contribution < -0.4 is 10.2 Å². The second-order valence-electron chi connectivity index (χ2n) is 6.69. The minimum absolute atomic E-state index is 0.0332. The number of anilines is 2. The van der Waals surface area contributed by atoms with Gasteiger partial charge in [-0.05, 0) is 39.0 Å². The van der Waals surface area contributed by atoms with Crippen molar-refractivity contribution in [1.82, 2.24) is 15.0 Å². The molecule has 0 unspecified atom stereocenters. The molecule has 2 heterocycles. The maximum absolute atomic E-state index is 9.21. The highest BCUT2D eigenvalue weighted by Crippen LogP contribution is 2.30. The van der Waals surface area contributed by atoms with Gasteiger partial charge in [-0.3, -0.25) is 0 Å². The van der Waals surface area contributed by atoms with Crippen LogP contribution in [-0.2, 0) is 0 Å². The molecule has 1 N–H and O–H groups in total. The molecule has 0 aromatic carbocycles. The third-order valence-electron chi connectivity index (χ3n) is 4.73. The van der Waals surface area contributed by atoms with E-state index in [1.165, 1.54) is 25.7 Å². The van der Waals surface area contributed by atoms with E-state index in [0.29, 0.717) is 11.9 Å². The molecule has 1 aliphatic carbocycles. The van der Waals surface area contributed by atoms with Gasteiger partial charge in [0.05, 0.1) is 0 Å². The predicted octanol–water partition coefficient (Wildman–Crippen LogP) is 2.87. The molecule has 118 valence electrons. The molecule has 6 nitrogen and oxygen atoms in total. The van der Waals surface area contributed by atoms with Crippen molar-refractivity contribution in [3.63, 3.8) is 0 Å². The molecule has 0 radical (unpaired) electrons. The van der Waals surface area contributed by atoms with Crippen molar-refractivity contribution in [3.8, 4) is 6.07 Å². The summed E-state index contributed by atoms with van der Waals surface area (Å²) in [4.78, 5) is 15.3. The summed E-state index contributed by atoms with van der Waals surface area (Å²) in [6, 6.07) is 2.07. The summed E-state index contributed by atoms with van der Waals surface area (Å²) < 4.78 is 0. The highest BCUT2D eigenvalue weighted by molar-refractivity contribution is 5.41. The molecule has 1 saturated heterocycles. The summed E-state index contributed by atoms with van der Waals surface area (Å²) >= 11 is 0. The molecule has 1 saturated carbocycles. The minimum Gasteiger partial charge on any atom is -0.349 e. The molecule has 1 aromatic rings. The largest absolute Gasteiger partial charge is 0.349 e. The van der Waals surface area contributed by atoms with Crippen molar-refractivity contribution >= 4 is 11.9 Å². The number of piperidine rings is 1.